The summed E-state index contributed by atoms with van der Waals surface area (Å²) < 4.78 is 0. The van der Waals surface area contributed by atoms with E-state index in [1.165, 1.54) is 0 Å². The van der Waals surface area contributed by atoms with Gasteiger partial charge >= 0.3 is 5.97 Å². The number of rotatable bonds is 5. The molecule has 9 nitrogen and oxygen atoms in total. The second kappa shape index (κ2) is 5.97. The maximum absolute atomic E-state index is 10.7. The molecule has 4 N–H and O–H groups in total. The summed E-state index contributed by atoms with van der Waals surface area (Å²) in [5.41, 5.74) is 6.77. The molecule has 0 aromatic carbocycles. The van der Waals surface area contributed by atoms with Crippen molar-refractivity contribution < 1.29 is 9.90 Å². The Morgan fingerprint density at radius 3 is 2.70 bits per heavy atom. The predicted molar refractivity (Wildman–Crippen MR) is 69.2 cm³/mol. The van der Waals surface area contributed by atoms with Gasteiger partial charge in [-0.25, -0.2) is 0 Å². The van der Waals surface area contributed by atoms with E-state index >= 15 is 0 Å². The van der Waals surface area contributed by atoms with Crippen molar-refractivity contribution in [2.45, 2.75) is 19.4 Å². The minimum Gasteiger partial charge on any atom is -0.480 e. The Balaban J connectivity index is 2.09. The van der Waals surface area contributed by atoms with Crippen LogP contribution in [0.3, 0.4) is 0 Å². The number of carboxylic acid groups (broad SMARTS) is 1. The van der Waals surface area contributed by atoms with E-state index in [1.54, 1.807) is 25.4 Å². The van der Waals surface area contributed by atoms with E-state index in [2.05, 4.69) is 30.7 Å². The molecule has 0 bridgehead atoms. The number of carboxylic acids is 1. The first-order valence-corrected chi connectivity index (χ1v) is 5.78. The van der Waals surface area contributed by atoms with Crippen molar-refractivity contribution in [1.29, 1.82) is 0 Å². The molecule has 0 radical (unpaired) electrons. The van der Waals surface area contributed by atoms with Gasteiger partial charge in [0.1, 0.15) is 6.04 Å². The Bertz CT molecular complexity index is 602. The second-order valence-electron chi connectivity index (χ2n) is 4.13. The van der Waals surface area contributed by atoms with Crippen LogP contribution in [0.5, 0.6) is 0 Å². The Kier molecular flexibility index (Phi) is 4.11. The third-order valence-corrected chi connectivity index (χ3v) is 2.40. The highest BCUT2D eigenvalue weighted by molar-refractivity contribution is 5.73. The molecular formula is C11H13N7O2. The van der Waals surface area contributed by atoms with Crippen molar-refractivity contribution in [3.8, 4) is 0 Å². The summed E-state index contributed by atoms with van der Waals surface area (Å²) in [6, 6.07) is 0.755. The first kappa shape index (κ1) is 13.7. The number of hydrogen-bond donors (Lipinski definition) is 3. The van der Waals surface area contributed by atoms with Gasteiger partial charge in [-0.2, -0.15) is 0 Å². The van der Waals surface area contributed by atoms with Crippen LogP contribution in [-0.2, 0) is 11.2 Å². The van der Waals surface area contributed by atoms with Crippen molar-refractivity contribution in [2.24, 2.45) is 5.73 Å². The molecule has 0 saturated heterocycles. The van der Waals surface area contributed by atoms with Gasteiger partial charge in [-0.05, 0) is 25.0 Å². The fraction of sp³-hybridized carbons (Fsp3) is 0.273. The van der Waals surface area contributed by atoms with Crippen molar-refractivity contribution in [1.82, 2.24) is 25.4 Å². The van der Waals surface area contributed by atoms with Gasteiger partial charge in [0.05, 0.1) is 11.9 Å². The van der Waals surface area contributed by atoms with Crippen LogP contribution in [0.1, 0.15) is 11.4 Å². The van der Waals surface area contributed by atoms with Crippen LogP contribution < -0.4 is 11.1 Å². The average molecular weight is 275 g/mol. The number of nitrogens with one attached hydrogen (secondary N) is 1. The average Bonchev–Trinajstić information content (AvgIpc) is 2.42. The zero-order valence-electron chi connectivity index (χ0n) is 10.7. The van der Waals surface area contributed by atoms with Crippen LogP contribution in [0.2, 0.25) is 0 Å². The monoisotopic (exact) mass is 275 g/mol. The first-order chi connectivity index (χ1) is 9.54. The van der Waals surface area contributed by atoms with Crippen molar-refractivity contribution in [3.63, 3.8) is 0 Å². The number of aromatic nitrogens is 5. The molecule has 2 aromatic rings. The number of pyridine rings is 1. The molecule has 0 aliphatic heterocycles. The summed E-state index contributed by atoms with van der Waals surface area (Å²) in [5.74, 6) is -0.356. The normalized spacial score (nSPS) is 11.9. The predicted octanol–water partition coefficient (Wildman–Crippen LogP) is -0.332. The molecule has 0 fully saturated rings. The molecule has 0 aliphatic carbocycles. The molecule has 0 saturated carbocycles. The molecule has 2 aromatic heterocycles. The summed E-state index contributed by atoms with van der Waals surface area (Å²) in [6.45, 7) is 1.68. The lowest BCUT2D eigenvalue weighted by Gasteiger charge is -2.08. The van der Waals surface area contributed by atoms with Crippen molar-refractivity contribution >= 4 is 17.6 Å². The van der Waals surface area contributed by atoms with Crippen LogP contribution >= 0.6 is 0 Å². The van der Waals surface area contributed by atoms with E-state index in [0.717, 1.165) is 0 Å². The fourth-order valence-corrected chi connectivity index (χ4v) is 1.47. The van der Waals surface area contributed by atoms with Crippen molar-refractivity contribution in [2.75, 3.05) is 5.32 Å². The van der Waals surface area contributed by atoms with Gasteiger partial charge in [0.2, 0.25) is 0 Å². The molecule has 0 spiro atoms. The topological polar surface area (TPSA) is 140 Å². The van der Waals surface area contributed by atoms with E-state index in [1.807, 2.05) is 0 Å². The SMILES string of the molecule is Cc1nnc(Nc2cncc(CC(N)C(=O)O)c2)nn1. The summed E-state index contributed by atoms with van der Waals surface area (Å²) >= 11 is 0. The number of carbonyl (C=O) groups is 1. The van der Waals surface area contributed by atoms with Gasteiger partial charge in [0.25, 0.3) is 5.95 Å². The maximum Gasteiger partial charge on any atom is 0.320 e. The number of anilines is 2. The van der Waals surface area contributed by atoms with E-state index in [9.17, 15) is 4.79 Å². The molecule has 104 valence electrons. The summed E-state index contributed by atoms with van der Waals surface area (Å²) in [6.07, 6.45) is 3.29. The number of hydrogen-bond acceptors (Lipinski definition) is 8. The third kappa shape index (κ3) is 3.65. The number of nitrogens with zero attached hydrogens (tertiary/aromatic N) is 5. The van der Waals surface area contributed by atoms with Crippen LogP contribution in [0, 0.1) is 6.92 Å². The van der Waals surface area contributed by atoms with Gasteiger partial charge in [-0.1, -0.05) is 0 Å². The first-order valence-electron chi connectivity index (χ1n) is 5.78. The van der Waals surface area contributed by atoms with E-state index in [-0.39, 0.29) is 12.4 Å². The van der Waals surface area contributed by atoms with E-state index in [4.69, 9.17) is 10.8 Å². The van der Waals surface area contributed by atoms with Crippen LogP contribution in [-0.4, -0.2) is 42.5 Å². The number of aliphatic carboxylic acids is 1. The molecule has 1 atom stereocenters. The van der Waals surface area contributed by atoms with E-state index < -0.39 is 12.0 Å². The lowest BCUT2D eigenvalue weighted by atomic mass is 10.1. The lowest BCUT2D eigenvalue weighted by Crippen LogP contribution is -2.32. The van der Waals surface area contributed by atoms with Gasteiger partial charge in [-0.15, -0.1) is 20.4 Å². The quantitative estimate of drug-likeness (QED) is 0.668. The van der Waals surface area contributed by atoms with Crippen molar-refractivity contribution in [3.05, 3.63) is 29.8 Å². The molecular weight excluding hydrogens is 262 g/mol. The van der Waals surface area contributed by atoms with Crippen LogP contribution in [0.25, 0.3) is 0 Å². The minimum atomic E-state index is -1.06. The van der Waals surface area contributed by atoms with Gasteiger partial charge in [0, 0.05) is 6.20 Å². The highest BCUT2D eigenvalue weighted by Crippen LogP contribution is 2.13. The molecule has 2 rings (SSSR count). The molecule has 9 heteroatoms. The van der Waals surface area contributed by atoms with Gasteiger partial charge in [0.15, 0.2) is 5.82 Å². The Morgan fingerprint density at radius 2 is 2.05 bits per heavy atom. The minimum absolute atomic E-state index is 0.184. The highest BCUT2D eigenvalue weighted by atomic mass is 16.4. The molecule has 20 heavy (non-hydrogen) atoms. The molecule has 0 aliphatic rings. The zero-order chi connectivity index (χ0) is 14.5. The van der Waals surface area contributed by atoms with Crippen LogP contribution in [0.4, 0.5) is 11.6 Å². The smallest absolute Gasteiger partial charge is 0.320 e. The summed E-state index contributed by atoms with van der Waals surface area (Å²) in [4.78, 5) is 14.7. The number of nitrogens with two attached hydrogens (primary N) is 1. The Labute approximate surface area is 114 Å². The highest BCUT2D eigenvalue weighted by Gasteiger charge is 2.12. The zero-order valence-corrected chi connectivity index (χ0v) is 10.7. The third-order valence-electron chi connectivity index (χ3n) is 2.40. The Morgan fingerprint density at radius 1 is 1.35 bits per heavy atom. The molecule has 0 amide bonds. The molecule has 1 unspecified atom stereocenters. The molecule has 2 heterocycles. The Hall–Kier alpha value is -2.68. The summed E-state index contributed by atoms with van der Waals surface area (Å²) in [5, 5.41) is 26.8. The standard InChI is InChI=1S/C11H13N7O2/c1-6-15-17-11(18-16-6)14-8-2-7(4-13-5-8)3-9(12)10(19)20/h2,4-5,9H,3,12H2,1H3,(H,19,20)(H,14,17,18). The lowest BCUT2D eigenvalue weighted by molar-refractivity contribution is -0.138. The summed E-state index contributed by atoms with van der Waals surface area (Å²) in [7, 11) is 0. The van der Waals surface area contributed by atoms with Gasteiger partial charge in [-0.3, -0.25) is 9.78 Å². The van der Waals surface area contributed by atoms with Crippen LogP contribution in [0.15, 0.2) is 18.5 Å². The number of aryl methyl sites for hydroxylation is 1. The second-order valence-corrected chi connectivity index (χ2v) is 4.13. The maximum atomic E-state index is 10.7. The van der Waals surface area contributed by atoms with E-state index in [0.29, 0.717) is 17.1 Å². The van der Waals surface area contributed by atoms with Gasteiger partial charge < -0.3 is 16.2 Å². The fourth-order valence-electron chi connectivity index (χ4n) is 1.47. The largest absolute Gasteiger partial charge is 0.480 e.